The Balaban J connectivity index is 1.98. The number of hydrogen-bond acceptors (Lipinski definition) is 4. The summed E-state index contributed by atoms with van der Waals surface area (Å²) in [5.41, 5.74) is 1.54. The number of amides is 4. The Kier molecular flexibility index (Phi) is 4.24. The van der Waals surface area contributed by atoms with Gasteiger partial charge >= 0.3 is 6.03 Å². The maximum atomic E-state index is 11.6. The Labute approximate surface area is 116 Å². The van der Waals surface area contributed by atoms with Gasteiger partial charge in [-0.25, -0.2) is 4.79 Å². The highest BCUT2D eigenvalue weighted by atomic mass is 16.2. The van der Waals surface area contributed by atoms with Crippen LogP contribution in [0.15, 0.2) is 35.3 Å². The summed E-state index contributed by atoms with van der Waals surface area (Å²) in [7, 11) is 0. The van der Waals surface area contributed by atoms with Gasteiger partial charge in [0, 0.05) is 12.3 Å². The molecule has 20 heavy (non-hydrogen) atoms. The molecule has 6 nitrogen and oxygen atoms in total. The zero-order chi connectivity index (χ0) is 14.5. The minimum atomic E-state index is -1.02. The molecule has 1 aliphatic rings. The van der Waals surface area contributed by atoms with Crippen LogP contribution in [0.4, 0.5) is 4.79 Å². The van der Waals surface area contributed by atoms with E-state index < -0.39 is 23.8 Å². The van der Waals surface area contributed by atoms with Crippen LogP contribution in [-0.4, -0.2) is 30.1 Å². The number of barbiturate groups is 1. The average Bonchev–Trinajstić information content (AvgIpc) is 2.38. The minimum Gasteiger partial charge on any atom is -0.293 e. The molecule has 0 radical (unpaired) electrons. The molecule has 1 saturated heterocycles. The van der Waals surface area contributed by atoms with Crippen LogP contribution in [0, 0.1) is 5.92 Å². The normalized spacial score (nSPS) is 16.9. The molecule has 0 unspecified atom stereocenters. The third-order valence-electron chi connectivity index (χ3n) is 3.02. The third-order valence-corrected chi connectivity index (χ3v) is 3.02. The molecule has 1 aromatic rings. The Morgan fingerprint density at radius 1 is 1.10 bits per heavy atom. The van der Waals surface area contributed by atoms with E-state index in [1.165, 1.54) is 0 Å². The molecule has 1 aliphatic heterocycles. The topological polar surface area (TPSA) is 87.6 Å². The van der Waals surface area contributed by atoms with Crippen LogP contribution >= 0.6 is 0 Å². The zero-order valence-electron chi connectivity index (χ0n) is 11.1. The lowest BCUT2D eigenvalue weighted by Gasteiger charge is -2.20. The summed E-state index contributed by atoms with van der Waals surface area (Å²) < 4.78 is 0. The van der Waals surface area contributed by atoms with Gasteiger partial charge in [0.25, 0.3) is 0 Å². The van der Waals surface area contributed by atoms with E-state index in [0.29, 0.717) is 12.3 Å². The Morgan fingerprint density at radius 3 is 2.30 bits per heavy atom. The van der Waals surface area contributed by atoms with E-state index >= 15 is 0 Å². The first-order valence-electron chi connectivity index (χ1n) is 6.28. The van der Waals surface area contributed by atoms with Gasteiger partial charge in [0.05, 0.1) is 0 Å². The van der Waals surface area contributed by atoms with Crippen molar-refractivity contribution in [2.45, 2.75) is 13.3 Å². The molecule has 2 rings (SSSR count). The van der Waals surface area contributed by atoms with Crippen LogP contribution < -0.4 is 10.6 Å². The van der Waals surface area contributed by atoms with Gasteiger partial charge in [-0.2, -0.15) is 0 Å². The molecule has 2 N–H and O–H groups in total. The minimum absolute atomic E-state index is 0.406. The highest BCUT2D eigenvalue weighted by Gasteiger charge is 2.36. The standard InChI is InChI=1S/C14H15N3O3/c1-9(11-12(18)16-14(20)17-13(11)19)15-8-7-10-5-3-2-4-6-10/h2-6,11H,7-8H2,1H3,(H2,16,17,18,19,20). The van der Waals surface area contributed by atoms with E-state index in [4.69, 9.17) is 0 Å². The molecular formula is C14H15N3O3. The lowest BCUT2D eigenvalue weighted by molar-refractivity contribution is -0.132. The van der Waals surface area contributed by atoms with Crippen LogP contribution in [0.2, 0.25) is 0 Å². The van der Waals surface area contributed by atoms with E-state index in [1.807, 2.05) is 30.3 Å². The predicted molar refractivity (Wildman–Crippen MR) is 73.3 cm³/mol. The van der Waals surface area contributed by atoms with Gasteiger partial charge in [-0.1, -0.05) is 30.3 Å². The number of aliphatic imine (C=N–C) groups is 1. The second-order valence-corrected chi connectivity index (χ2v) is 4.50. The number of urea groups is 1. The van der Waals surface area contributed by atoms with Crippen LogP contribution in [0.25, 0.3) is 0 Å². The third kappa shape index (κ3) is 3.28. The van der Waals surface area contributed by atoms with Gasteiger partial charge in [-0.3, -0.25) is 25.2 Å². The molecule has 0 spiro atoms. The summed E-state index contributed by atoms with van der Waals surface area (Å²) in [5.74, 6) is -2.28. The van der Waals surface area contributed by atoms with Crippen molar-refractivity contribution in [3.63, 3.8) is 0 Å². The summed E-state index contributed by atoms with van der Waals surface area (Å²) in [5, 5.41) is 4.12. The lowest BCUT2D eigenvalue weighted by Crippen LogP contribution is -2.57. The molecule has 4 amide bonds. The van der Waals surface area contributed by atoms with Crippen LogP contribution in [0.1, 0.15) is 12.5 Å². The molecular weight excluding hydrogens is 258 g/mol. The molecule has 0 atom stereocenters. The van der Waals surface area contributed by atoms with Gasteiger partial charge in [0.2, 0.25) is 11.8 Å². The molecule has 1 heterocycles. The maximum Gasteiger partial charge on any atom is 0.328 e. The molecule has 0 aliphatic carbocycles. The fourth-order valence-electron chi connectivity index (χ4n) is 2.00. The fraction of sp³-hybridized carbons (Fsp3) is 0.286. The summed E-state index contributed by atoms with van der Waals surface area (Å²) in [4.78, 5) is 38.4. The summed E-state index contributed by atoms with van der Waals surface area (Å²) in [6.07, 6.45) is 0.729. The van der Waals surface area contributed by atoms with Crippen molar-refractivity contribution in [2.75, 3.05) is 6.54 Å². The number of imide groups is 2. The molecule has 104 valence electrons. The zero-order valence-corrected chi connectivity index (χ0v) is 11.1. The van der Waals surface area contributed by atoms with E-state index in [-0.39, 0.29) is 0 Å². The van der Waals surface area contributed by atoms with Crippen molar-refractivity contribution in [1.29, 1.82) is 0 Å². The maximum absolute atomic E-state index is 11.6. The van der Waals surface area contributed by atoms with Crippen molar-refractivity contribution < 1.29 is 14.4 Å². The van der Waals surface area contributed by atoms with Gasteiger partial charge in [-0.05, 0) is 18.9 Å². The molecule has 0 saturated carbocycles. The highest BCUT2D eigenvalue weighted by molar-refractivity contribution is 6.27. The first kappa shape index (κ1) is 13.9. The molecule has 0 aromatic heterocycles. The number of carbonyl (C=O) groups excluding carboxylic acids is 3. The molecule has 0 bridgehead atoms. The number of nitrogens with zero attached hydrogens (tertiary/aromatic N) is 1. The number of carbonyl (C=O) groups is 3. The average molecular weight is 273 g/mol. The second-order valence-electron chi connectivity index (χ2n) is 4.50. The summed E-state index contributed by atoms with van der Waals surface area (Å²) in [6, 6.07) is 9.02. The number of benzene rings is 1. The van der Waals surface area contributed by atoms with Gasteiger partial charge in [0.1, 0.15) is 0 Å². The summed E-state index contributed by atoms with van der Waals surface area (Å²) >= 11 is 0. The number of nitrogens with one attached hydrogen (secondary N) is 2. The van der Waals surface area contributed by atoms with Crippen molar-refractivity contribution in [3.8, 4) is 0 Å². The smallest absolute Gasteiger partial charge is 0.293 e. The van der Waals surface area contributed by atoms with Gasteiger partial charge < -0.3 is 0 Å². The Morgan fingerprint density at radius 2 is 1.70 bits per heavy atom. The van der Waals surface area contributed by atoms with Crippen LogP contribution in [-0.2, 0) is 16.0 Å². The van der Waals surface area contributed by atoms with Crippen LogP contribution in [0.5, 0.6) is 0 Å². The van der Waals surface area contributed by atoms with Crippen molar-refractivity contribution in [2.24, 2.45) is 10.9 Å². The van der Waals surface area contributed by atoms with E-state index in [2.05, 4.69) is 15.6 Å². The van der Waals surface area contributed by atoms with Crippen molar-refractivity contribution in [1.82, 2.24) is 10.6 Å². The first-order valence-corrected chi connectivity index (χ1v) is 6.28. The highest BCUT2D eigenvalue weighted by Crippen LogP contribution is 2.06. The van der Waals surface area contributed by atoms with E-state index in [9.17, 15) is 14.4 Å². The van der Waals surface area contributed by atoms with Crippen LogP contribution in [0.3, 0.4) is 0 Å². The number of rotatable bonds is 4. The monoisotopic (exact) mass is 273 g/mol. The Hall–Kier alpha value is -2.50. The van der Waals surface area contributed by atoms with Crippen molar-refractivity contribution >= 4 is 23.6 Å². The largest absolute Gasteiger partial charge is 0.328 e. The second kappa shape index (κ2) is 6.10. The van der Waals surface area contributed by atoms with E-state index in [0.717, 1.165) is 12.0 Å². The molecule has 1 aromatic carbocycles. The fourth-order valence-corrected chi connectivity index (χ4v) is 2.00. The van der Waals surface area contributed by atoms with Gasteiger partial charge in [-0.15, -0.1) is 0 Å². The predicted octanol–water partition coefficient (Wildman–Crippen LogP) is 0.672. The Bertz CT molecular complexity index is 546. The van der Waals surface area contributed by atoms with E-state index in [1.54, 1.807) is 6.92 Å². The summed E-state index contributed by atoms with van der Waals surface area (Å²) in [6.45, 7) is 2.10. The molecule has 1 fully saturated rings. The molecule has 6 heteroatoms. The van der Waals surface area contributed by atoms with Crippen molar-refractivity contribution in [3.05, 3.63) is 35.9 Å². The van der Waals surface area contributed by atoms with Gasteiger partial charge in [0.15, 0.2) is 5.92 Å². The first-order chi connectivity index (χ1) is 9.58. The lowest BCUT2D eigenvalue weighted by atomic mass is 10.0. The quantitative estimate of drug-likeness (QED) is 0.624. The number of hydrogen-bond donors (Lipinski definition) is 2. The SMILES string of the molecule is CC(=NCCc1ccccc1)C1C(=O)NC(=O)NC1=O.